The Bertz CT molecular complexity index is 433. The highest BCUT2D eigenvalue weighted by molar-refractivity contribution is 5.75. The topological polar surface area (TPSA) is 137 Å². The molecular weight excluding hydrogens is 296 g/mol. The average Bonchev–Trinajstić information content (AvgIpc) is 3.07. The van der Waals surface area contributed by atoms with E-state index in [-0.39, 0.29) is 25.5 Å². The molecule has 22 heavy (non-hydrogen) atoms. The summed E-state index contributed by atoms with van der Waals surface area (Å²) in [7, 11) is 0. The molecule has 1 aliphatic rings. The summed E-state index contributed by atoms with van der Waals surface area (Å²) in [5.74, 6) is -2.21. The van der Waals surface area contributed by atoms with E-state index in [4.69, 9.17) is 19.7 Å². The van der Waals surface area contributed by atoms with E-state index in [9.17, 15) is 14.4 Å². The standard InChI is InChI=1S/C13H22N2O7/c1-13(2,3)22-12(20)14-6-8-10(21-8)15-7(11(18)19)4-5-9(16)17/h7-8,10,15H,4-6H2,1-3H3,(H,14,20)(H,16,17)(H,18,19). The van der Waals surface area contributed by atoms with E-state index in [1.807, 2.05) is 0 Å². The summed E-state index contributed by atoms with van der Waals surface area (Å²) in [5.41, 5.74) is -0.600. The van der Waals surface area contributed by atoms with Crippen LogP contribution in [0.4, 0.5) is 4.79 Å². The lowest BCUT2D eigenvalue weighted by molar-refractivity contribution is -0.141. The molecule has 3 unspecified atom stereocenters. The van der Waals surface area contributed by atoms with E-state index in [0.717, 1.165) is 0 Å². The smallest absolute Gasteiger partial charge is 0.407 e. The van der Waals surface area contributed by atoms with Crippen LogP contribution in [0.3, 0.4) is 0 Å². The van der Waals surface area contributed by atoms with Gasteiger partial charge in [-0.3, -0.25) is 14.9 Å². The normalized spacial score (nSPS) is 21.8. The van der Waals surface area contributed by atoms with E-state index < -0.39 is 35.9 Å². The Kier molecular flexibility index (Phi) is 6.12. The molecule has 0 aliphatic carbocycles. The maximum Gasteiger partial charge on any atom is 0.407 e. The summed E-state index contributed by atoms with van der Waals surface area (Å²) in [5, 5.41) is 22.8. The quantitative estimate of drug-likeness (QED) is 0.464. The van der Waals surface area contributed by atoms with Crippen molar-refractivity contribution >= 4 is 18.0 Å². The van der Waals surface area contributed by atoms with E-state index in [2.05, 4.69) is 10.6 Å². The van der Waals surface area contributed by atoms with Crippen molar-refractivity contribution in [2.45, 2.75) is 57.6 Å². The van der Waals surface area contributed by atoms with Crippen molar-refractivity contribution in [3.63, 3.8) is 0 Å². The number of carbonyl (C=O) groups is 3. The predicted molar refractivity (Wildman–Crippen MR) is 74.3 cm³/mol. The molecule has 9 heteroatoms. The lowest BCUT2D eigenvalue weighted by atomic mass is 10.1. The summed E-state index contributed by atoms with van der Waals surface area (Å²) in [6.07, 6.45) is -1.76. The number of rotatable bonds is 8. The van der Waals surface area contributed by atoms with Gasteiger partial charge in [0.2, 0.25) is 0 Å². The summed E-state index contributed by atoms with van der Waals surface area (Å²) < 4.78 is 10.2. The highest BCUT2D eigenvalue weighted by Crippen LogP contribution is 2.20. The monoisotopic (exact) mass is 318 g/mol. The van der Waals surface area contributed by atoms with Gasteiger partial charge in [-0.15, -0.1) is 0 Å². The number of ether oxygens (including phenoxy) is 2. The summed E-state index contributed by atoms with van der Waals surface area (Å²) >= 11 is 0. The molecule has 0 bridgehead atoms. The third-order valence-corrected chi connectivity index (χ3v) is 2.74. The van der Waals surface area contributed by atoms with Gasteiger partial charge in [0.25, 0.3) is 0 Å². The van der Waals surface area contributed by atoms with Crippen molar-refractivity contribution in [2.24, 2.45) is 0 Å². The van der Waals surface area contributed by atoms with Crippen LogP contribution in [0.2, 0.25) is 0 Å². The first kappa shape index (κ1) is 18.2. The molecule has 1 heterocycles. The summed E-state index contributed by atoms with van der Waals surface area (Å²) in [6, 6.07) is -1.01. The van der Waals surface area contributed by atoms with Crippen LogP contribution in [-0.2, 0) is 19.1 Å². The number of nitrogens with one attached hydrogen (secondary N) is 2. The van der Waals surface area contributed by atoms with Crippen LogP contribution < -0.4 is 10.6 Å². The molecule has 0 radical (unpaired) electrons. The zero-order chi connectivity index (χ0) is 16.9. The third kappa shape index (κ3) is 7.23. The Morgan fingerprint density at radius 2 is 1.91 bits per heavy atom. The molecule has 0 aromatic rings. The number of hydrogen-bond acceptors (Lipinski definition) is 6. The van der Waals surface area contributed by atoms with Crippen molar-refractivity contribution in [2.75, 3.05) is 6.54 Å². The van der Waals surface area contributed by atoms with Crippen LogP contribution in [0.1, 0.15) is 33.6 Å². The minimum atomic E-state index is -1.14. The van der Waals surface area contributed by atoms with Gasteiger partial charge in [-0.1, -0.05) is 0 Å². The summed E-state index contributed by atoms with van der Waals surface area (Å²) in [6.45, 7) is 5.40. The number of carboxylic acid groups (broad SMARTS) is 2. The van der Waals surface area contributed by atoms with Crippen LogP contribution >= 0.6 is 0 Å². The molecular formula is C13H22N2O7. The molecule has 4 N–H and O–H groups in total. The Morgan fingerprint density at radius 3 is 2.41 bits per heavy atom. The van der Waals surface area contributed by atoms with Crippen LogP contribution in [0.25, 0.3) is 0 Å². The zero-order valence-corrected chi connectivity index (χ0v) is 12.8. The molecule has 0 saturated carbocycles. The lowest BCUT2D eigenvalue weighted by Gasteiger charge is -2.19. The minimum Gasteiger partial charge on any atom is -0.481 e. The Morgan fingerprint density at radius 1 is 1.27 bits per heavy atom. The van der Waals surface area contributed by atoms with Gasteiger partial charge in [0.15, 0.2) is 0 Å². The third-order valence-electron chi connectivity index (χ3n) is 2.74. The SMILES string of the molecule is CC(C)(C)OC(=O)NCC1OC1NC(CCC(=O)O)C(=O)O. The van der Waals surface area contributed by atoms with Crippen LogP contribution in [0.15, 0.2) is 0 Å². The number of hydrogen-bond donors (Lipinski definition) is 4. The van der Waals surface area contributed by atoms with E-state index in [1.54, 1.807) is 20.8 Å². The van der Waals surface area contributed by atoms with Gasteiger partial charge in [0, 0.05) is 6.42 Å². The molecule has 1 aliphatic heterocycles. The molecule has 0 aromatic carbocycles. The van der Waals surface area contributed by atoms with E-state index >= 15 is 0 Å². The summed E-state index contributed by atoms with van der Waals surface area (Å²) in [4.78, 5) is 32.9. The van der Waals surface area contributed by atoms with Crippen molar-refractivity contribution in [1.82, 2.24) is 10.6 Å². The fraction of sp³-hybridized carbons (Fsp3) is 0.769. The second-order valence-electron chi connectivity index (χ2n) is 5.97. The number of amides is 1. The van der Waals surface area contributed by atoms with Crippen molar-refractivity contribution in [1.29, 1.82) is 0 Å². The highest BCUT2D eigenvalue weighted by Gasteiger charge is 2.41. The maximum absolute atomic E-state index is 11.4. The highest BCUT2D eigenvalue weighted by atomic mass is 16.6. The first-order valence-electron chi connectivity index (χ1n) is 6.91. The number of epoxide rings is 1. The minimum absolute atomic E-state index is 0.0449. The molecule has 1 amide bonds. The van der Waals surface area contributed by atoms with Crippen LogP contribution in [0.5, 0.6) is 0 Å². The molecule has 0 spiro atoms. The zero-order valence-electron chi connectivity index (χ0n) is 12.8. The Balaban J connectivity index is 2.28. The molecule has 1 fully saturated rings. The number of alkyl carbamates (subject to hydrolysis) is 1. The average molecular weight is 318 g/mol. The van der Waals surface area contributed by atoms with Crippen molar-refractivity contribution in [3.05, 3.63) is 0 Å². The largest absolute Gasteiger partial charge is 0.481 e. The molecule has 3 atom stereocenters. The first-order valence-corrected chi connectivity index (χ1v) is 6.91. The Labute approximate surface area is 128 Å². The number of carboxylic acids is 2. The van der Waals surface area contributed by atoms with Gasteiger partial charge >= 0.3 is 18.0 Å². The molecule has 9 nitrogen and oxygen atoms in total. The second kappa shape index (κ2) is 7.41. The fourth-order valence-corrected chi connectivity index (χ4v) is 1.69. The molecule has 1 saturated heterocycles. The number of carbonyl (C=O) groups excluding carboxylic acids is 1. The van der Waals surface area contributed by atoms with Gasteiger partial charge < -0.3 is 25.0 Å². The van der Waals surface area contributed by atoms with Gasteiger partial charge in [-0.25, -0.2) is 4.79 Å². The molecule has 1 rings (SSSR count). The molecule has 0 aromatic heterocycles. The van der Waals surface area contributed by atoms with Crippen LogP contribution in [-0.4, -0.2) is 58.8 Å². The van der Waals surface area contributed by atoms with Gasteiger partial charge in [-0.05, 0) is 27.2 Å². The predicted octanol–water partition coefficient (Wildman–Crippen LogP) is 0.144. The van der Waals surface area contributed by atoms with Crippen molar-refractivity contribution in [3.8, 4) is 0 Å². The molecule has 126 valence electrons. The first-order chi connectivity index (χ1) is 10.1. The second-order valence-corrected chi connectivity index (χ2v) is 5.97. The van der Waals surface area contributed by atoms with Crippen molar-refractivity contribution < 1.29 is 34.1 Å². The van der Waals surface area contributed by atoms with E-state index in [1.165, 1.54) is 0 Å². The van der Waals surface area contributed by atoms with Gasteiger partial charge in [0.05, 0.1) is 6.54 Å². The maximum atomic E-state index is 11.4. The fourth-order valence-electron chi connectivity index (χ4n) is 1.69. The Hall–Kier alpha value is -1.87. The lowest BCUT2D eigenvalue weighted by Crippen LogP contribution is -2.41. The van der Waals surface area contributed by atoms with E-state index in [0.29, 0.717) is 0 Å². The number of aliphatic carboxylic acids is 2. The van der Waals surface area contributed by atoms with Crippen LogP contribution in [0, 0.1) is 0 Å². The van der Waals surface area contributed by atoms with Gasteiger partial charge in [0.1, 0.15) is 24.0 Å². The van der Waals surface area contributed by atoms with Gasteiger partial charge in [-0.2, -0.15) is 0 Å².